The standard InChI is InChI=1S/C27H27NO9/c1-32-25(29)35-16-19-4-10-22(11-5-19)28(23-12-6-20(7-13-23)17-36-26(30)33-2)24-14-8-21(9-15-24)18-37-27(31)34-3/h4-15H,16-18H2,1-3H3. The second-order valence-corrected chi connectivity index (χ2v) is 7.56. The average Bonchev–Trinajstić information content (AvgIpc) is 2.95. The van der Waals surface area contributed by atoms with Gasteiger partial charge in [-0.3, -0.25) is 0 Å². The molecule has 0 heterocycles. The van der Waals surface area contributed by atoms with E-state index in [4.69, 9.17) is 14.2 Å². The lowest BCUT2D eigenvalue weighted by atomic mass is 10.1. The normalized spacial score (nSPS) is 10.1. The summed E-state index contributed by atoms with van der Waals surface area (Å²) in [4.78, 5) is 35.8. The highest BCUT2D eigenvalue weighted by atomic mass is 16.7. The number of carbonyl (C=O) groups is 3. The molecule has 0 aromatic heterocycles. The molecule has 10 nitrogen and oxygen atoms in total. The molecule has 3 rings (SSSR count). The summed E-state index contributed by atoms with van der Waals surface area (Å²) in [5, 5.41) is 0. The first-order valence-electron chi connectivity index (χ1n) is 11.1. The summed E-state index contributed by atoms with van der Waals surface area (Å²) in [6.45, 7) is 0.240. The summed E-state index contributed by atoms with van der Waals surface area (Å²) < 4.78 is 28.5. The molecule has 3 aromatic carbocycles. The van der Waals surface area contributed by atoms with Gasteiger partial charge in [-0.1, -0.05) is 36.4 Å². The summed E-state index contributed by atoms with van der Waals surface area (Å²) in [6.07, 6.45) is -2.25. The molecular formula is C27H27NO9. The highest BCUT2D eigenvalue weighted by molar-refractivity contribution is 5.76. The highest BCUT2D eigenvalue weighted by Crippen LogP contribution is 2.35. The Kier molecular flexibility index (Phi) is 9.72. The number of anilines is 3. The van der Waals surface area contributed by atoms with Crippen LogP contribution in [0.25, 0.3) is 0 Å². The van der Waals surface area contributed by atoms with E-state index in [1.54, 1.807) is 0 Å². The minimum Gasteiger partial charge on any atom is -0.438 e. The maximum absolute atomic E-state index is 11.3. The molecule has 0 fully saturated rings. The Bertz CT molecular complexity index is 1030. The average molecular weight is 510 g/mol. The third-order valence-electron chi connectivity index (χ3n) is 5.15. The summed E-state index contributed by atoms with van der Waals surface area (Å²) in [7, 11) is 3.76. The number of nitrogens with zero attached hydrogens (tertiary/aromatic N) is 1. The van der Waals surface area contributed by atoms with E-state index < -0.39 is 18.5 Å². The molecule has 194 valence electrons. The molecule has 0 amide bonds. The van der Waals surface area contributed by atoms with E-state index >= 15 is 0 Å². The SMILES string of the molecule is COC(=O)OCc1ccc(N(c2ccc(COC(=O)OC)cc2)c2ccc(COC(=O)OC)cc2)cc1. The lowest BCUT2D eigenvalue weighted by molar-refractivity contribution is 0.0660. The van der Waals surface area contributed by atoms with Crippen molar-refractivity contribution in [1.82, 2.24) is 0 Å². The molecule has 0 atom stereocenters. The molecule has 0 spiro atoms. The zero-order valence-corrected chi connectivity index (χ0v) is 20.7. The third-order valence-corrected chi connectivity index (χ3v) is 5.15. The largest absolute Gasteiger partial charge is 0.508 e. The number of benzene rings is 3. The Labute approximate surface area is 214 Å². The Balaban J connectivity index is 1.85. The summed E-state index contributed by atoms with van der Waals surface area (Å²) in [5.41, 5.74) is 4.91. The number of carbonyl (C=O) groups excluding carboxylic acids is 3. The topological polar surface area (TPSA) is 110 Å². The van der Waals surface area contributed by atoms with E-state index in [1.165, 1.54) is 21.3 Å². The quantitative estimate of drug-likeness (QED) is 0.251. The van der Waals surface area contributed by atoms with E-state index in [0.717, 1.165) is 33.8 Å². The molecule has 0 aliphatic heterocycles. The fraction of sp³-hybridized carbons (Fsp3) is 0.222. The molecule has 0 radical (unpaired) electrons. The van der Waals surface area contributed by atoms with Gasteiger partial charge in [-0.25, -0.2) is 14.4 Å². The van der Waals surface area contributed by atoms with Crippen LogP contribution >= 0.6 is 0 Å². The zero-order valence-electron chi connectivity index (χ0n) is 20.7. The minimum atomic E-state index is -0.752. The van der Waals surface area contributed by atoms with Gasteiger partial charge in [-0.05, 0) is 53.1 Å². The minimum absolute atomic E-state index is 0.0801. The number of methoxy groups -OCH3 is 3. The van der Waals surface area contributed by atoms with Crippen LogP contribution in [0.2, 0.25) is 0 Å². The van der Waals surface area contributed by atoms with E-state index in [9.17, 15) is 14.4 Å². The fourth-order valence-corrected chi connectivity index (χ4v) is 3.27. The number of hydrogen-bond donors (Lipinski definition) is 0. The number of hydrogen-bond acceptors (Lipinski definition) is 10. The smallest absolute Gasteiger partial charge is 0.438 e. The van der Waals surface area contributed by atoms with Crippen LogP contribution in [0.1, 0.15) is 16.7 Å². The van der Waals surface area contributed by atoms with Crippen molar-refractivity contribution in [3.05, 3.63) is 89.5 Å². The molecule has 0 saturated carbocycles. The van der Waals surface area contributed by atoms with Gasteiger partial charge in [0.15, 0.2) is 0 Å². The van der Waals surface area contributed by atoms with Gasteiger partial charge in [0.2, 0.25) is 0 Å². The first-order valence-corrected chi connectivity index (χ1v) is 11.1. The van der Waals surface area contributed by atoms with Gasteiger partial charge < -0.3 is 33.3 Å². The van der Waals surface area contributed by atoms with Crippen LogP contribution < -0.4 is 4.90 Å². The van der Waals surface area contributed by atoms with Gasteiger partial charge in [-0.2, -0.15) is 0 Å². The maximum atomic E-state index is 11.3. The maximum Gasteiger partial charge on any atom is 0.508 e. The highest BCUT2D eigenvalue weighted by Gasteiger charge is 2.14. The molecule has 37 heavy (non-hydrogen) atoms. The Morgan fingerprint density at radius 2 is 0.730 bits per heavy atom. The summed E-state index contributed by atoms with van der Waals surface area (Å²) in [6, 6.07) is 22.5. The molecule has 0 saturated heterocycles. The Hall–Kier alpha value is -4.73. The van der Waals surface area contributed by atoms with Crippen molar-refractivity contribution in [2.24, 2.45) is 0 Å². The van der Waals surface area contributed by atoms with Gasteiger partial charge in [0, 0.05) is 17.1 Å². The van der Waals surface area contributed by atoms with Crippen molar-refractivity contribution in [2.45, 2.75) is 19.8 Å². The van der Waals surface area contributed by atoms with E-state index in [2.05, 4.69) is 14.2 Å². The van der Waals surface area contributed by atoms with Crippen LogP contribution in [0.3, 0.4) is 0 Å². The monoisotopic (exact) mass is 509 g/mol. The van der Waals surface area contributed by atoms with Gasteiger partial charge in [0.05, 0.1) is 21.3 Å². The first-order chi connectivity index (χ1) is 17.9. The van der Waals surface area contributed by atoms with Gasteiger partial charge in [0.25, 0.3) is 0 Å². The lowest BCUT2D eigenvalue weighted by Gasteiger charge is -2.26. The molecule has 0 unspecified atom stereocenters. The Morgan fingerprint density at radius 1 is 0.486 bits per heavy atom. The molecule has 0 bridgehead atoms. The predicted molar refractivity (Wildman–Crippen MR) is 133 cm³/mol. The van der Waals surface area contributed by atoms with Crippen LogP contribution in [-0.4, -0.2) is 39.8 Å². The van der Waals surface area contributed by atoms with Crippen molar-refractivity contribution in [2.75, 3.05) is 26.2 Å². The number of rotatable bonds is 9. The second kappa shape index (κ2) is 13.4. The van der Waals surface area contributed by atoms with Crippen LogP contribution in [-0.2, 0) is 48.2 Å². The van der Waals surface area contributed by atoms with Gasteiger partial charge in [-0.15, -0.1) is 0 Å². The van der Waals surface area contributed by atoms with Crippen LogP contribution in [0.4, 0.5) is 31.4 Å². The predicted octanol–water partition coefficient (Wildman–Crippen LogP) is 6.01. The van der Waals surface area contributed by atoms with Crippen molar-refractivity contribution < 1.29 is 42.8 Å². The molecule has 10 heteroatoms. The van der Waals surface area contributed by atoms with E-state index in [1.807, 2.05) is 77.7 Å². The van der Waals surface area contributed by atoms with Crippen molar-refractivity contribution in [3.8, 4) is 0 Å². The van der Waals surface area contributed by atoms with Gasteiger partial charge >= 0.3 is 18.5 Å². The molecular weight excluding hydrogens is 482 g/mol. The molecule has 0 N–H and O–H groups in total. The molecule has 0 aliphatic carbocycles. The summed E-state index contributed by atoms with van der Waals surface area (Å²) >= 11 is 0. The molecule has 3 aromatic rings. The van der Waals surface area contributed by atoms with Crippen LogP contribution in [0.5, 0.6) is 0 Å². The second-order valence-electron chi connectivity index (χ2n) is 7.56. The van der Waals surface area contributed by atoms with Crippen LogP contribution in [0.15, 0.2) is 72.8 Å². The zero-order chi connectivity index (χ0) is 26.6. The van der Waals surface area contributed by atoms with Gasteiger partial charge in [0.1, 0.15) is 19.8 Å². The van der Waals surface area contributed by atoms with Crippen LogP contribution in [0, 0.1) is 0 Å². The summed E-state index contributed by atoms with van der Waals surface area (Å²) in [5.74, 6) is 0. The van der Waals surface area contributed by atoms with Crippen molar-refractivity contribution >= 4 is 35.5 Å². The van der Waals surface area contributed by atoms with E-state index in [-0.39, 0.29) is 19.8 Å². The lowest BCUT2D eigenvalue weighted by Crippen LogP contribution is -2.11. The number of ether oxygens (including phenoxy) is 6. The first kappa shape index (κ1) is 26.9. The van der Waals surface area contributed by atoms with Crippen molar-refractivity contribution in [3.63, 3.8) is 0 Å². The fourth-order valence-electron chi connectivity index (χ4n) is 3.27. The van der Waals surface area contributed by atoms with E-state index in [0.29, 0.717) is 0 Å². The van der Waals surface area contributed by atoms with Crippen molar-refractivity contribution in [1.29, 1.82) is 0 Å². The Morgan fingerprint density at radius 3 is 0.946 bits per heavy atom. The molecule has 0 aliphatic rings. The third kappa shape index (κ3) is 7.89.